The van der Waals surface area contributed by atoms with Crippen LogP contribution in [0.25, 0.3) is 0 Å². The number of benzene rings is 1. The molecular weight excluding hydrogens is 361 g/mol. The molecule has 0 amide bonds. The van der Waals surface area contributed by atoms with E-state index in [0.717, 1.165) is 0 Å². The lowest BCUT2D eigenvalue weighted by Crippen LogP contribution is -2.50. The largest absolute Gasteiger partial charge is 0.480 e. The molecule has 1 aromatic carbocycles. The number of alkyl halides is 3. The van der Waals surface area contributed by atoms with Crippen molar-refractivity contribution in [1.82, 2.24) is 0 Å². The lowest BCUT2D eigenvalue weighted by atomic mass is 10.1. The zero-order chi connectivity index (χ0) is 19.2. The van der Waals surface area contributed by atoms with Crippen molar-refractivity contribution in [1.29, 1.82) is 5.26 Å². The van der Waals surface area contributed by atoms with Crippen molar-refractivity contribution in [3.05, 3.63) is 28.3 Å². The molecule has 1 rings (SSSR count). The SMILES string of the molecule is CCCCO[C@@H]([C@@H](Nc1ccc(C#N)c(Cl)c1C)C(=O)O)C(F)(F)F. The topological polar surface area (TPSA) is 82.3 Å². The molecule has 0 aromatic heterocycles. The third-order valence-corrected chi connectivity index (χ3v) is 3.99. The minimum atomic E-state index is -4.87. The number of anilines is 1. The van der Waals surface area contributed by atoms with Crippen LogP contribution >= 0.6 is 11.6 Å². The number of carboxylic acids is 1. The summed E-state index contributed by atoms with van der Waals surface area (Å²) in [4.78, 5) is 11.4. The van der Waals surface area contributed by atoms with Crippen LogP contribution in [0.2, 0.25) is 5.02 Å². The van der Waals surface area contributed by atoms with Crippen LogP contribution in [0, 0.1) is 18.3 Å². The monoisotopic (exact) mass is 378 g/mol. The van der Waals surface area contributed by atoms with Gasteiger partial charge in [0.05, 0.1) is 10.6 Å². The third kappa shape index (κ3) is 5.51. The van der Waals surface area contributed by atoms with Crippen LogP contribution < -0.4 is 5.32 Å². The maximum Gasteiger partial charge on any atom is 0.417 e. The summed E-state index contributed by atoms with van der Waals surface area (Å²) in [5.41, 5.74) is 0.509. The maximum atomic E-state index is 13.3. The molecule has 0 aliphatic heterocycles. The second-order valence-electron chi connectivity index (χ2n) is 5.36. The van der Waals surface area contributed by atoms with Gasteiger partial charge in [-0.15, -0.1) is 0 Å². The molecule has 0 saturated carbocycles. The molecule has 0 aliphatic carbocycles. The number of hydrogen-bond acceptors (Lipinski definition) is 4. The number of nitrogens with zero attached hydrogens (tertiary/aromatic N) is 1. The highest BCUT2D eigenvalue weighted by atomic mass is 35.5. The minimum absolute atomic E-state index is 0.0482. The normalized spacial score (nSPS) is 13.8. The van der Waals surface area contributed by atoms with Crippen LogP contribution in [-0.2, 0) is 9.53 Å². The zero-order valence-electron chi connectivity index (χ0n) is 13.7. The number of nitriles is 1. The highest BCUT2D eigenvalue weighted by Gasteiger charge is 2.49. The number of ether oxygens (including phenoxy) is 1. The summed E-state index contributed by atoms with van der Waals surface area (Å²) in [6.07, 6.45) is -6.40. The molecule has 2 atom stereocenters. The maximum absolute atomic E-state index is 13.3. The van der Waals surface area contributed by atoms with Crippen molar-refractivity contribution in [2.75, 3.05) is 11.9 Å². The molecule has 0 heterocycles. The summed E-state index contributed by atoms with van der Waals surface area (Å²) in [7, 11) is 0. The molecule has 25 heavy (non-hydrogen) atoms. The van der Waals surface area contributed by atoms with E-state index in [4.69, 9.17) is 21.6 Å². The molecule has 0 unspecified atom stereocenters. The van der Waals surface area contributed by atoms with Gasteiger partial charge in [0, 0.05) is 12.3 Å². The van der Waals surface area contributed by atoms with Crippen molar-refractivity contribution in [2.24, 2.45) is 0 Å². The van der Waals surface area contributed by atoms with Crippen LogP contribution in [0.4, 0.5) is 18.9 Å². The van der Waals surface area contributed by atoms with Gasteiger partial charge in [0.1, 0.15) is 6.07 Å². The number of carbonyl (C=O) groups is 1. The summed E-state index contributed by atoms with van der Waals surface area (Å²) in [6, 6.07) is 2.40. The van der Waals surface area contributed by atoms with Gasteiger partial charge in [-0.25, -0.2) is 4.79 Å². The molecule has 0 aliphatic rings. The van der Waals surface area contributed by atoms with Crippen LogP contribution in [0.5, 0.6) is 0 Å². The molecule has 0 fully saturated rings. The van der Waals surface area contributed by atoms with Gasteiger partial charge in [-0.05, 0) is 31.0 Å². The van der Waals surface area contributed by atoms with Crippen LogP contribution in [0.15, 0.2) is 12.1 Å². The fraction of sp³-hybridized carbons (Fsp3) is 0.500. The second-order valence-corrected chi connectivity index (χ2v) is 5.74. The Hall–Kier alpha value is -1.98. The first-order valence-electron chi connectivity index (χ1n) is 7.50. The van der Waals surface area contributed by atoms with Gasteiger partial charge in [-0.2, -0.15) is 18.4 Å². The van der Waals surface area contributed by atoms with Gasteiger partial charge in [0.2, 0.25) is 0 Å². The average Bonchev–Trinajstić information content (AvgIpc) is 2.52. The van der Waals surface area contributed by atoms with Crippen molar-refractivity contribution in [2.45, 2.75) is 45.0 Å². The van der Waals surface area contributed by atoms with E-state index in [1.165, 1.54) is 19.1 Å². The highest BCUT2D eigenvalue weighted by Crippen LogP contribution is 2.31. The quantitative estimate of drug-likeness (QED) is 0.664. The second kappa shape index (κ2) is 8.92. The van der Waals surface area contributed by atoms with Crippen molar-refractivity contribution >= 4 is 23.3 Å². The van der Waals surface area contributed by atoms with E-state index in [-0.39, 0.29) is 28.4 Å². The van der Waals surface area contributed by atoms with Gasteiger partial charge in [0.15, 0.2) is 12.1 Å². The Morgan fingerprint density at radius 3 is 2.60 bits per heavy atom. The van der Waals surface area contributed by atoms with E-state index in [2.05, 4.69) is 5.32 Å². The summed E-state index contributed by atoms with van der Waals surface area (Å²) in [5, 5.41) is 20.5. The number of unbranched alkanes of at least 4 members (excludes halogenated alkanes) is 1. The average molecular weight is 379 g/mol. The first kappa shape index (κ1) is 21.1. The lowest BCUT2D eigenvalue weighted by Gasteiger charge is -2.28. The molecular formula is C16H18ClF3N2O3. The van der Waals surface area contributed by atoms with E-state index >= 15 is 0 Å². The van der Waals surface area contributed by atoms with E-state index in [0.29, 0.717) is 12.8 Å². The molecule has 0 radical (unpaired) electrons. The molecule has 5 nitrogen and oxygen atoms in total. The van der Waals surface area contributed by atoms with Crippen molar-refractivity contribution in [3.63, 3.8) is 0 Å². The summed E-state index contributed by atoms with van der Waals surface area (Å²) >= 11 is 5.97. The molecule has 0 spiro atoms. The molecule has 138 valence electrons. The molecule has 9 heteroatoms. The highest BCUT2D eigenvalue weighted by molar-refractivity contribution is 6.32. The lowest BCUT2D eigenvalue weighted by molar-refractivity contribution is -0.226. The van der Waals surface area contributed by atoms with E-state index in [1.807, 2.05) is 6.07 Å². The summed E-state index contributed by atoms with van der Waals surface area (Å²) in [5.74, 6) is -1.71. The molecule has 0 saturated heterocycles. The van der Waals surface area contributed by atoms with E-state index in [1.54, 1.807) is 6.92 Å². The van der Waals surface area contributed by atoms with Gasteiger partial charge >= 0.3 is 12.1 Å². The molecule has 1 aromatic rings. The predicted octanol–water partition coefficient (Wildman–Crippen LogP) is 4.13. The molecule has 0 bridgehead atoms. The Morgan fingerprint density at radius 1 is 1.48 bits per heavy atom. The first-order chi connectivity index (χ1) is 11.6. The molecule has 2 N–H and O–H groups in total. The Kier molecular flexibility index (Phi) is 7.52. The Labute approximate surface area is 148 Å². The minimum Gasteiger partial charge on any atom is -0.480 e. The Morgan fingerprint density at radius 2 is 2.12 bits per heavy atom. The third-order valence-electron chi connectivity index (χ3n) is 3.50. The van der Waals surface area contributed by atoms with Crippen LogP contribution in [0.3, 0.4) is 0 Å². The fourth-order valence-electron chi connectivity index (χ4n) is 2.10. The number of carboxylic acid groups (broad SMARTS) is 1. The Bertz CT molecular complexity index is 659. The van der Waals surface area contributed by atoms with Crippen LogP contribution in [-0.4, -0.2) is 36.0 Å². The van der Waals surface area contributed by atoms with Gasteiger partial charge < -0.3 is 15.2 Å². The van der Waals surface area contributed by atoms with Gasteiger partial charge in [-0.1, -0.05) is 24.9 Å². The van der Waals surface area contributed by atoms with Crippen LogP contribution in [0.1, 0.15) is 30.9 Å². The van der Waals surface area contributed by atoms with Crippen molar-refractivity contribution < 1.29 is 27.8 Å². The van der Waals surface area contributed by atoms with E-state index in [9.17, 15) is 23.1 Å². The zero-order valence-corrected chi connectivity index (χ0v) is 14.4. The number of hydrogen-bond donors (Lipinski definition) is 2. The van der Waals surface area contributed by atoms with Crippen molar-refractivity contribution in [3.8, 4) is 6.07 Å². The smallest absolute Gasteiger partial charge is 0.417 e. The number of aliphatic carboxylic acids is 1. The Balaban J connectivity index is 3.16. The number of rotatable bonds is 8. The predicted molar refractivity (Wildman–Crippen MR) is 86.7 cm³/mol. The summed E-state index contributed by atoms with van der Waals surface area (Å²) in [6.45, 7) is 3.05. The van der Waals surface area contributed by atoms with Gasteiger partial charge in [-0.3, -0.25) is 0 Å². The standard InChI is InChI=1S/C16H18ClF3N2O3/c1-3-4-7-25-14(16(18,19)20)13(15(23)24)22-11-6-5-10(8-21)12(17)9(11)2/h5-6,13-14,22H,3-4,7H2,1-2H3,(H,23,24)/t13-,14+/m1/s1. The number of nitrogens with one attached hydrogen (secondary N) is 1. The number of halogens is 4. The fourth-order valence-corrected chi connectivity index (χ4v) is 2.30. The van der Waals surface area contributed by atoms with Gasteiger partial charge in [0.25, 0.3) is 0 Å². The van der Waals surface area contributed by atoms with E-state index < -0.39 is 24.3 Å². The first-order valence-corrected chi connectivity index (χ1v) is 7.88. The summed E-state index contributed by atoms with van der Waals surface area (Å²) < 4.78 is 44.6.